The van der Waals surface area contributed by atoms with Crippen molar-refractivity contribution in [3.8, 4) is 0 Å². The molecule has 8 heteroatoms. The van der Waals surface area contributed by atoms with Crippen LogP contribution in [0.25, 0.3) is 0 Å². The predicted molar refractivity (Wildman–Crippen MR) is 109 cm³/mol. The lowest BCUT2D eigenvalue weighted by molar-refractivity contribution is -0.116. The molecule has 0 aliphatic heterocycles. The molecule has 0 heterocycles. The number of rotatable bonds is 8. The maximum atomic E-state index is 12.1. The van der Waals surface area contributed by atoms with Crippen LogP contribution in [0.1, 0.15) is 32.3 Å². The number of carbonyl (C=O) groups excluding carboxylic acids is 2. The number of likely N-dealkylation sites (N-methyl/N-ethyl adjacent to an activating group) is 1. The van der Waals surface area contributed by atoms with Gasteiger partial charge in [0.25, 0.3) is 0 Å². The minimum atomic E-state index is -0.620. The lowest BCUT2D eigenvalue weighted by atomic mass is 10.1. The highest BCUT2D eigenvalue weighted by molar-refractivity contribution is 7.80. The number of nitrogens with zero attached hydrogens (tertiary/aromatic N) is 1. The Labute approximate surface area is 160 Å². The van der Waals surface area contributed by atoms with E-state index in [4.69, 9.17) is 17.0 Å². The number of hydrogen-bond acceptors (Lipinski definition) is 5. The van der Waals surface area contributed by atoms with E-state index in [9.17, 15) is 9.59 Å². The fourth-order valence-corrected chi connectivity index (χ4v) is 2.42. The Morgan fingerprint density at radius 2 is 1.88 bits per heavy atom. The molecule has 0 radical (unpaired) electrons. The van der Waals surface area contributed by atoms with E-state index in [1.807, 2.05) is 32.3 Å². The predicted octanol–water partition coefficient (Wildman–Crippen LogP) is 2.97. The summed E-state index contributed by atoms with van der Waals surface area (Å²) in [5, 5.41) is 8.38. The van der Waals surface area contributed by atoms with Gasteiger partial charge in [0.15, 0.2) is 5.11 Å². The van der Waals surface area contributed by atoms with E-state index in [0.29, 0.717) is 11.4 Å². The van der Waals surface area contributed by atoms with Gasteiger partial charge in [-0.2, -0.15) is 0 Å². The van der Waals surface area contributed by atoms with Gasteiger partial charge in [0, 0.05) is 0 Å². The van der Waals surface area contributed by atoms with E-state index in [1.54, 1.807) is 11.8 Å². The molecule has 0 aliphatic carbocycles. The number of anilines is 2. The van der Waals surface area contributed by atoms with Crippen molar-refractivity contribution in [2.24, 2.45) is 0 Å². The molecule has 1 aromatic carbocycles. The molecule has 0 aliphatic rings. The Bertz CT molecular complexity index is 635. The van der Waals surface area contributed by atoms with Crippen molar-refractivity contribution in [1.29, 1.82) is 0 Å². The van der Waals surface area contributed by atoms with Gasteiger partial charge in [-0.1, -0.05) is 19.4 Å². The zero-order valence-electron chi connectivity index (χ0n) is 15.8. The molecule has 0 aromatic heterocycles. The van der Waals surface area contributed by atoms with E-state index >= 15 is 0 Å². The second-order valence-electron chi connectivity index (χ2n) is 6.07. The molecule has 0 saturated heterocycles. The van der Waals surface area contributed by atoms with Crippen LogP contribution in [0.3, 0.4) is 0 Å². The monoisotopic (exact) mass is 380 g/mol. The SMILES string of the molecule is CCCCc1ccc(NC(=O)CN(C)C)c(NC(=S)NC(=O)OCC)c1. The lowest BCUT2D eigenvalue weighted by Gasteiger charge is -2.17. The Morgan fingerprint density at radius 1 is 1.15 bits per heavy atom. The van der Waals surface area contributed by atoms with Crippen molar-refractivity contribution < 1.29 is 14.3 Å². The number of nitrogens with one attached hydrogen (secondary N) is 3. The maximum absolute atomic E-state index is 12.1. The van der Waals surface area contributed by atoms with Crippen LogP contribution in [0.5, 0.6) is 0 Å². The number of aryl methyl sites for hydroxylation is 1. The van der Waals surface area contributed by atoms with Crippen LogP contribution in [0.4, 0.5) is 16.2 Å². The topological polar surface area (TPSA) is 82.7 Å². The van der Waals surface area contributed by atoms with E-state index in [1.165, 1.54) is 0 Å². The average Bonchev–Trinajstić information content (AvgIpc) is 2.54. The molecular weight excluding hydrogens is 352 g/mol. The van der Waals surface area contributed by atoms with Crippen LogP contribution in [0, 0.1) is 0 Å². The highest BCUT2D eigenvalue weighted by atomic mass is 32.1. The highest BCUT2D eigenvalue weighted by Crippen LogP contribution is 2.24. The minimum Gasteiger partial charge on any atom is -0.450 e. The first-order valence-corrected chi connectivity index (χ1v) is 9.08. The zero-order chi connectivity index (χ0) is 19.5. The minimum absolute atomic E-state index is 0.110. The molecule has 0 saturated carbocycles. The number of benzene rings is 1. The summed E-state index contributed by atoms with van der Waals surface area (Å²) in [6.45, 7) is 4.37. The van der Waals surface area contributed by atoms with Crippen molar-refractivity contribution in [2.75, 3.05) is 37.9 Å². The van der Waals surface area contributed by atoms with Gasteiger partial charge in [-0.25, -0.2) is 4.79 Å². The Hall–Kier alpha value is -2.19. The number of carbonyl (C=O) groups is 2. The number of amides is 2. The Morgan fingerprint density at radius 3 is 2.50 bits per heavy atom. The van der Waals surface area contributed by atoms with Gasteiger partial charge in [0.2, 0.25) is 5.91 Å². The standard InChI is InChI=1S/C18H28N4O3S/c1-5-7-8-13-9-10-14(19-16(23)12-22(3)4)15(11-13)20-17(26)21-18(24)25-6-2/h9-11H,5-8,12H2,1-4H3,(H,19,23)(H2,20,21,24,26). The summed E-state index contributed by atoms with van der Waals surface area (Å²) in [4.78, 5) is 25.4. The van der Waals surface area contributed by atoms with Gasteiger partial charge in [-0.15, -0.1) is 0 Å². The van der Waals surface area contributed by atoms with Gasteiger partial charge in [0.1, 0.15) is 0 Å². The second-order valence-corrected chi connectivity index (χ2v) is 6.48. The summed E-state index contributed by atoms with van der Waals surface area (Å²) >= 11 is 5.16. The molecule has 0 bridgehead atoms. The smallest absolute Gasteiger partial charge is 0.413 e. The van der Waals surface area contributed by atoms with Crippen molar-refractivity contribution in [2.45, 2.75) is 33.1 Å². The van der Waals surface area contributed by atoms with E-state index in [0.717, 1.165) is 24.8 Å². The summed E-state index contributed by atoms with van der Waals surface area (Å²) in [5.41, 5.74) is 2.36. The first kappa shape index (κ1) is 21.9. The molecule has 0 spiro atoms. The van der Waals surface area contributed by atoms with E-state index < -0.39 is 6.09 Å². The van der Waals surface area contributed by atoms with Crippen LogP contribution in [-0.2, 0) is 16.0 Å². The molecule has 26 heavy (non-hydrogen) atoms. The van der Waals surface area contributed by atoms with Crippen LogP contribution in [0.2, 0.25) is 0 Å². The zero-order valence-corrected chi connectivity index (χ0v) is 16.7. The highest BCUT2D eigenvalue weighted by Gasteiger charge is 2.12. The summed E-state index contributed by atoms with van der Waals surface area (Å²) < 4.78 is 4.81. The molecule has 144 valence electrons. The summed E-state index contributed by atoms with van der Waals surface area (Å²) in [6.07, 6.45) is 2.46. The van der Waals surface area contributed by atoms with Crippen LogP contribution in [-0.4, -0.2) is 49.3 Å². The molecule has 0 atom stereocenters. The fourth-order valence-electron chi connectivity index (χ4n) is 2.23. The van der Waals surface area contributed by atoms with Gasteiger partial charge in [-0.3, -0.25) is 10.1 Å². The third-order valence-electron chi connectivity index (χ3n) is 3.38. The van der Waals surface area contributed by atoms with Gasteiger partial charge >= 0.3 is 6.09 Å². The van der Waals surface area contributed by atoms with E-state index in [-0.39, 0.29) is 24.2 Å². The maximum Gasteiger partial charge on any atom is 0.413 e. The van der Waals surface area contributed by atoms with Crippen LogP contribution >= 0.6 is 12.2 Å². The van der Waals surface area contributed by atoms with Crippen molar-refractivity contribution in [3.63, 3.8) is 0 Å². The molecular formula is C18H28N4O3S. The van der Waals surface area contributed by atoms with Gasteiger partial charge < -0.3 is 20.3 Å². The van der Waals surface area contributed by atoms with Crippen LogP contribution < -0.4 is 16.0 Å². The van der Waals surface area contributed by atoms with Gasteiger partial charge in [-0.05, 0) is 63.8 Å². The largest absolute Gasteiger partial charge is 0.450 e. The molecule has 3 N–H and O–H groups in total. The average molecular weight is 381 g/mol. The Kier molecular flexibility index (Phi) is 9.61. The quantitative estimate of drug-likeness (QED) is 0.602. The van der Waals surface area contributed by atoms with Crippen molar-refractivity contribution >= 4 is 40.7 Å². The fraction of sp³-hybridized carbons (Fsp3) is 0.500. The van der Waals surface area contributed by atoms with Gasteiger partial charge in [0.05, 0.1) is 24.5 Å². The molecule has 0 unspecified atom stereocenters. The number of unbranched alkanes of at least 4 members (excludes halogenated alkanes) is 1. The number of alkyl carbamates (subject to hydrolysis) is 1. The van der Waals surface area contributed by atoms with Crippen molar-refractivity contribution in [1.82, 2.24) is 10.2 Å². The molecule has 0 fully saturated rings. The van der Waals surface area contributed by atoms with Crippen LogP contribution in [0.15, 0.2) is 18.2 Å². The number of ether oxygens (including phenoxy) is 1. The summed E-state index contributed by atoms with van der Waals surface area (Å²) in [5.74, 6) is -0.136. The molecule has 1 aromatic rings. The summed E-state index contributed by atoms with van der Waals surface area (Å²) in [6, 6.07) is 5.75. The first-order chi connectivity index (χ1) is 12.3. The summed E-state index contributed by atoms with van der Waals surface area (Å²) in [7, 11) is 3.65. The third kappa shape index (κ3) is 8.26. The normalized spacial score (nSPS) is 10.3. The third-order valence-corrected chi connectivity index (χ3v) is 3.58. The van der Waals surface area contributed by atoms with Crippen molar-refractivity contribution in [3.05, 3.63) is 23.8 Å². The second kappa shape index (κ2) is 11.4. The molecule has 1 rings (SSSR count). The number of thiocarbonyl (C=S) groups is 1. The Balaban J connectivity index is 2.92. The number of hydrogen-bond donors (Lipinski definition) is 3. The van der Waals surface area contributed by atoms with E-state index in [2.05, 4.69) is 22.9 Å². The first-order valence-electron chi connectivity index (χ1n) is 8.68. The molecule has 2 amide bonds. The lowest BCUT2D eigenvalue weighted by Crippen LogP contribution is -2.35. The molecule has 7 nitrogen and oxygen atoms in total.